The molecular weight excluding hydrogens is 245 g/mol. The van der Waals surface area contributed by atoms with Gasteiger partial charge in [-0.3, -0.25) is 4.79 Å². The van der Waals surface area contributed by atoms with Gasteiger partial charge in [0.1, 0.15) is 5.82 Å². The van der Waals surface area contributed by atoms with Crippen molar-refractivity contribution in [2.45, 2.75) is 32.0 Å². The van der Waals surface area contributed by atoms with Crippen molar-refractivity contribution < 1.29 is 9.18 Å². The van der Waals surface area contributed by atoms with Crippen LogP contribution in [0.25, 0.3) is 0 Å². The molecule has 1 saturated heterocycles. The van der Waals surface area contributed by atoms with Crippen LogP contribution in [0.2, 0.25) is 0 Å². The first-order valence-corrected chi connectivity index (χ1v) is 6.59. The van der Waals surface area contributed by atoms with Gasteiger partial charge in [-0.1, -0.05) is 18.2 Å². The Morgan fingerprint density at radius 1 is 1.37 bits per heavy atom. The van der Waals surface area contributed by atoms with E-state index in [-0.39, 0.29) is 23.8 Å². The molecule has 1 aliphatic rings. The molecule has 0 radical (unpaired) electrons. The number of hydrogen-bond acceptors (Lipinski definition) is 3. The molecule has 3 atom stereocenters. The lowest BCUT2D eigenvalue weighted by Gasteiger charge is -2.29. The second-order valence-corrected chi connectivity index (χ2v) is 5.02. The summed E-state index contributed by atoms with van der Waals surface area (Å²) in [6.07, 6.45) is 0. The van der Waals surface area contributed by atoms with E-state index in [2.05, 4.69) is 22.9 Å². The van der Waals surface area contributed by atoms with Crippen LogP contribution in [-0.4, -0.2) is 31.1 Å². The number of hydrogen-bond donors (Lipinski definition) is 3. The average molecular weight is 265 g/mol. The Bertz CT molecular complexity index is 444. The minimum absolute atomic E-state index is 0.102. The van der Waals surface area contributed by atoms with Gasteiger partial charge in [-0.05, 0) is 19.9 Å². The van der Waals surface area contributed by atoms with E-state index < -0.39 is 0 Å². The normalized spacial score (nSPS) is 24.8. The fraction of sp³-hybridized carbons (Fsp3) is 0.500. The lowest BCUT2D eigenvalue weighted by Crippen LogP contribution is -2.59. The van der Waals surface area contributed by atoms with Crippen LogP contribution in [-0.2, 0) is 4.79 Å². The van der Waals surface area contributed by atoms with Crippen LogP contribution in [0.1, 0.15) is 25.5 Å². The van der Waals surface area contributed by atoms with Crippen molar-refractivity contribution >= 4 is 5.91 Å². The molecule has 0 aliphatic carbocycles. The SMILES string of the molecule is CC1CNC(C(=O)NC(C)c2ccccc2F)CN1. The molecular formula is C14H20FN3O. The van der Waals surface area contributed by atoms with Crippen LogP contribution in [0.3, 0.4) is 0 Å². The van der Waals surface area contributed by atoms with E-state index in [0.29, 0.717) is 18.2 Å². The Morgan fingerprint density at radius 2 is 2.11 bits per heavy atom. The predicted molar refractivity (Wildman–Crippen MR) is 72.2 cm³/mol. The molecule has 1 aliphatic heterocycles. The number of piperazine rings is 1. The Hall–Kier alpha value is -1.46. The van der Waals surface area contributed by atoms with Crippen LogP contribution in [0.5, 0.6) is 0 Å². The molecule has 1 heterocycles. The van der Waals surface area contributed by atoms with Crippen molar-refractivity contribution in [2.24, 2.45) is 0 Å². The largest absolute Gasteiger partial charge is 0.348 e. The highest BCUT2D eigenvalue weighted by Gasteiger charge is 2.24. The Balaban J connectivity index is 1.94. The van der Waals surface area contributed by atoms with E-state index in [4.69, 9.17) is 0 Å². The van der Waals surface area contributed by atoms with Gasteiger partial charge >= 0.3 is 0 Å². The molecule has 1 aromatic rings. The Kier molecular flexibility index (Phi) is 4.50. The molecule has 104 valence electrons. The summed E-state index contributed by atoms with van der Waals surface area (Å²) in [6, 6.07) is 6.27. The van der Waals surface area contributed by atoms with Crippen LogP contribution in [0.4, 0.5) is 4.39 Å². The third-order valence-electron chi connectivity index (χ3n) is 3.39. The van der Waals surface area contributed by atoms with Gasteiger partial charge in [0.25, 0.3) is 0 Å². The number of benzene rings is 1. The second kappa shape index (κ2) is 6.12. The van der Waals surface area contributed by atoms with Crippen LogP contribution in [0, 0.1) is 5.82 Å². The Labute approximate surface area is 112 Å². The molecule has 3 N–H and O–H groups in total. The van der Waals surface area contributed by atoms with Crippen molar-refractivity contribution in [1.29, 1.82) is 0 Å². The van der Waals surface area contributed by atoms with Crippen molar-refractivity contribution in [2.75, 3.05) is 13.1 Å². The summed E-state index contributed by atoms with van der Waals surface area (Å²) in [7, 11) is 0. The number of carbonyl (C=O) groups is 1. The van der Waals surface area contributed by atoms with Crippen molar-refractivity contribution in [3.63, 3.8) is 0 Å². The maximum Gasteiger partial charge on any atom is 0.238 e. The monoisotopic (exact) mass is 265 g/mol. The summed E-state index contributed by atoms with van der Waals surface area (Å²) in [6.45, 7) is 5.20. The molecule has 0 bridgehead atoms. The minimum atomic E-state index is -0.338. The van der Waals surface area contributed by atoms with Gasteiger partial charge in [0, 0.05) is 24.7 Å². The third kappa shape index (κ3) is 3.52. The van der Waals surface area contributed by atoms with Gasteiger partial charge < -0.3 is 16.0 Å². The van der Waals surface area contributed by atoms with E-state index >= 15 is 0 Å². The molecule has 3 unspecified atom stereocenters. The fourth-order valence-electron chi connectivity index (χ4n) is 2.19. The maximum atomic E-state index is 13.6. The molecule has 0 aromatic heterocycles. The fourth-order valence-corrected chi connectivity index (χ4v) is 2.19. The first-order valence-electron chi connectivity index (χ1n) is 6.59. The van der Waals surface area contributed by atoms with Crippen LogP contribution < -0.4 is 16.0 Å². The molecule has 0 saturated carbocycles. The van der Waals surface area contributed by atoms with E-state index in [9.17, 15) is 9.18 Å². The lowest BCUT2D eigenvalue weighted by molar-refractivity contribution is -0.124. The molecule has 2 rings (SSSR count). The van der Waals surface area contributed by atoms with Crippen molar-refractivity contribution in [3.8, 4) is 0 Å². The van der Waals surface area contributed by atoms with Gasteiger partial charge in [0.05, 0.1) is 12.1 Å². The smallest absolute Gasteiger partial charge is 0.238 e. The third-order valence-corrected chi connectivity index (χ3v) is 3.39. The molecule has 4 nitrogen and oxygen atoms in total. The number of amides is 1. The predicted octanol–water partition coefficient (Wildman–Crippen LogP) is 0.953. The standard InChI is InChI=1S/C14H20FN3O/c1-9-7-17-13(8-16-9)14(19)18-10(2)11-5-3-4-6-12(11)15/h3-6,9-10,13,16-17H,7-8H2,1-2H3,(H,18,19). The van der Waals surface area contributed by atoms with Crippen LogP contribution >= 0.6 is 0 Å². The van der Waals surface area contributed by atoms with Gasteiger partial charge in [-0.25, -0.2) is 4.39 Å². The maximum absolute atomic E-state index is 13.6. The van der Waals surface area contributed by atoms with Gasteiger partial charge in [-0.2, -0.15) is 0 Å². The molecule has 1 fully saturated rings. The average Bonchev–Trinajstić information content (AvgIpc) is 2.39. The summed E-state index contributed by atoms with van der Waals surface area (Å²) in [4.78, 5) is 12.1. The Morgan fingerprint density at radius 3 is 2.74 bits per heavy atom. The molecule has 0 spiro atoms. The summed E-state index contributed by atoms with van der Waals surface area (Å²) in [5.74, 6) is -0.395. The molecule has 19 heavy (non-hydrogen) atoms. The second-order valence-electron chi connectivity index (χ2n) is 5.02. The highest BCUT2D eigenvalue weighted by molar-refractivity contribution is 5.82. The van der Waals surface area contributed by atoms with E-state index in [1.54, 1.807) is 25.1 Å². The summed E-state index contributed by atoms with van der Waals surface area (Å²) >= 11 is 0. The quantitative estimate of drug-likeness (QED) is 0.763. The van der Waals surface area contributed by atoms with E-state index in [0.717, 1.165) is 6.54 Å². The number of rotatable bonds is 3. The topological polar surface area (TPSA) is 53.2 Å². The number of halogens is 1. The van der Waals surface area contributed by atoms with Crippen molar-refractivity contribution in [1.82, 2.24) is 16.0 Å². The zero-order valence-electron chi connectivity index (χ0n) is 11.2. The van der Waals surface area contributed by atoms with E-state index in [1.807, 2.05) is 0 Å². The van der Waals surface area contributed by atoms with Gasteiger partial charge in [-0.15, -0.1) is 0 Å². The highest BCUT2D eigenvalue weighted by Crippen LogP contribution is 2.16. The zero-order valence-corrected chi connectivity index (χ0v) is 11.2. The van der Waals surface area contributed by atoms with Gasteiger partial charge in [0.2, 0.25) is 5.91 Å². The summed E-state index contributed by atoms with van der Waals surface area (Å²) < 4.78 is 13.6. The molecule has 1 amide bonds. The number of carbonyl (C=O) groups excluding carboxylic acids is 1. The summed E-state index contributed by atoms with van der Waals surface area (Å²) in [5, 5.41) is 9.25. The van der Waals surface area contributed by atoms with E-state index in [1.165, 1.54) is 6.07 Å². The van der Waals surface area contributed by atoms with Crippen molar-refractivity contribution in [3.05, 3.63) is 35.6 Å². The summed E-state index contributed by atoms with van der Waals surface area (Å²) in [5.41, 5.74) is 0.507. The highest BCUT2D eigenvalue weighted by atomic mass is 19.1. The van der Waals surface area contributed by atoms with Crippen LogP contribution in [0.15, 0.2) is 24.3 Å². The number of nitrogens with one attached hydrogen (secondary N) is 3. The zero-order chi connectivity index (χ0) is 13.8. The molecule has 1 aromatic carbocycles. The minimum Gasteiger partial charge on any atom is -0.348 e. The first kappa shape index (κ1) is 14.0. The lowest BCUT2D eigenvalue weighted by atomic mass is 10.1. The first-order chi connectivity index (χ1) is 9.08. The van der Waals surface area contributed by atoms with Gasteiger partial charge in [0.15, 0.2) is 0 Å². The molecule has 5 heteroatoms.